The van der Waals surface area contributed by atoms with Crippen molar-refractivity contribution >= 4 is 17.8 Å². The van der Waals surface area contributed by atoms with E-state index in [0.717, 1.165) is 5.69 Å². The smallest absolute Gasteiger partial charge is 0.309 e. The summed E-state index contributed by atoms with van der Waals surface area (Å²) in [6, 6.07) is 13.2. The van der Waals surface area contributed by atoms with Gasteiger partial charge in [-0.1, -0.05) is 18.2 Å². The number of esters is 1. The summed E-state index contributed by atoms with van der Waals surface area (Å²) in [5.41, 5.74) is 2.42. The molecule has 1 aromatic carbocycles. The lowest BCUT2D eigenvalue weighted by atomic mass is 9.97. The number of likely N-dealkylation sites (N-methyl/N-ethyl adjacent to an activating group) is 1. The van der Waals surface area contributed by atoms with E-state index in [4.69, 9.17) is 4.74 Å². The number of nitrogens with zero attached hydrogens (tertiary/aromatic N) is 5. The molecule has 0 bridgehead atoms. The Balaban J connectivity index is 1.48. The highest BCUT2D eigenvalue weighted by molar-refractivity contribution is 6.01. The van der Waals surface area contributed by atoms with Crippen molar-refractivity contribution < 1.29 is 19.1 Å². The summed E-state index contributed by atoms with van der Waals surface area (Å²) in [7, 11) is 1.61. The highest BCUT2D eigenvalue weighted by Crippen LogP contribution is 2.24. The van der Waals surface area contributed by atoms with Crippen LogP contribution < -0.4 is 0 Å². The number of amides is 2. The third kappa shape index (κ3) is 5.56. The predicted molar refractivity (Wildman–Crippen MR) is 130 cm³/mol. The summed E-state index contributed by atoms with van der Waals surface area (Å²) in [6.45, 7) is 3.01. The lowest BCUT2D eigenvalue weighted by Crippen LogP contribution is -2.45. The zero-order valence-electron chi connectivity index (χ0n) is 20.0. The number of hydrogen-bond acceptors (Lipinski definition) is 6. The maximum Gasteiger partial charge on any atom is 0.309 e. The van der Waals surface area contributed by atoms with Gasteiger partial charge in [-0.15, -0.1) is 0 Å². The number of likely N-dealkylation sites (tertiary alicyclic amines) is 1. The lowest BCUT2D eigenvalue weighted by Gasteiger charge is -2.32. The standard InChI is InChI=1S/C26H29N5O4/c1-3-35-26(34)19-11-14-30(15-12-19)23(32)18-29(2)25(33)22-17-31(21-9-5-4-6-10-21)28-24(22)20-8-7-13-27-16-20/h4-10,13,16-17,19H,3,11-12,14-15,18H2,1-2H3. The van der Waals surface area contributed by atoms with E-state index < -0.39 is 0 Å². The van der Waals surface area contributed by atoms with E-state index in [1.165, 1.54) is 4.90 Å². The molecule has 35 heavy (non-hydrogen) atoms. The van der Waals surface area contributed by atoms with E-state index in [1.807, 2.05) is 36.4 Å². The predicted octanol–water partition coefficient (Wildman–Crippen LogP) is 2.81. The first-order valence-electron chi connectivity index (χ1n) is 11.7. The van der Waals surface area contributed by atoms with Gasteiger partial charge >= 0.3 is 5.97 Å². The first-order chi connectivity index (χ1) is 17.0. The van der Waals surface area contributed by atoms with Crippen LogP contribution >= 0.6 is 0 Å². The Bertz CT molecular complexity index is 1170. The molecule has 1 aliphatic rings. The molecular weight excluding hydrogens is 446 g/mol. The fraction of sp³-hybridized carbons (Fsp3) is 0.346. The summed E-state index contributed by atoms with van der Waals surface area (Å²) >= 11 is 0. The third-order valence-corrected chi connectivity index (χ3v) is 6.09. The van der Waals surface area contributed by atoms with Crippen molar-refractivity contribution in [2.24, 2.45) is 5.92 Å². The summed E-state index contributed by atoms with van der Waals surface area (Å²) in [4.78, 5) is 45.6. The molecular formula is C26H29N5O4. The molecule has 0 atom stereocenters. The second kappa shape index (κ2) is 10.9. The maximum atomic E-state index is 13.4. The Morgan fingerprint density at radius 1 is 1.09 bits per heavy atom. The minimum absolute atomic E-state index is 0.0636. The van der Waals surface area contributed by atoms with Gasteiger partial charge in [-0.3, -0.25) is 19.4 Å². The van der Waals surface area contributed by atoms with Crippen LogP contribution in [0.4, 0.5) is 0 Å². The number of carbonyl (C=O) groups is 3. The van der Waals surface area contributed by atoms with Gasteiger partial charge < -0.3 is 14.5 Å². The monoisotopic (exact) mass is 475 g/mol. The first-order valence-corrected chi connectivity index (χ1v) is 11.7. The van der Waals surface area contributed by atoms with Crippen LogP contribution in [-0.4, -0.2) is 75.6 Å². The van der Waals surface area contributed by atoms with Crippen LogP contribution in [0.5, 0.6) is 0 Å². The van der Waals surface area contributed by atoms with Gasteiger partial charge in [0.15, 0.2) is 0 Å². The van der Waals surface area contributed by atoms with Gasteiger partial charge in [-0.2, -0.15) is 5.10 Å². The number of ether oxygens (including phenoxy) is 1. The average molecular weight is 476 g/mol. The molecule has 3 heterocycles. The highest BCUT2D eigenvalue weighted by Gasteiger charge is 2.30. The number of carbonyl (C=O) groups excluding carboxylic acids is 3. The summed E-state index contributed by atoms with van der Waals surface area (Å²) in [5.74, 6) is -0.836. The van der Waals surface area contributed by atoms with E-state index in [9.17, 15) is 14.4 Å². The van der Waals surface area contributed by atoms with Gasteiger partial charge in [0.25, 0.3) is 5.91 Å². The highest BCUT2D eigenvalue weighted by atomic mass is 16.5. The first kappa shape index (κ1) is 24.1. The molecule has 2 aromatic heterocycles. The van der Waals surface area contributed by atoms with Crippen LogP contribution in [0.1, 0.15) is 30.1 Å². The van der Waals surface area contributed by atoms with Crippen molar-refractivity contribution in [3.05, 3.63) is 66.6 Å². The number of para-hydroxylation sites is 1. The quantitative estimate of drug-likeness (QED) is 0.488. The molecule has 0 radical (unpaired) electrons. The molecule has 1 aliphatic heterocycles. The molecule has 0 unspecified atom stereocenters. The normalized spacial score (nSPS) is 13.9. The number of benzene rings is 1. The van der Waals surface area contributed by atoms with E-state index in [0.29, 0.717) is 49.4 Å². The van der Waals surface area contributed by atoms with Crippen LogP contribution in [-0.2, 0) is 14.3 Å². The topological polar surface area (TPSA) is 97.6 Å². The number of hydrogen-bond donors (Lipinski definition) is 0. The average Bonchev–Trinajstić information content (AvgIpc) is 3.35. The van der Waals surface area contributed by atoms with Crippen molar-refractivity contribution in [1.82, 2.24) is 24.6 Å². The molecule has 3 aromatic rings. The van der Waals surface area contributed by atoms with Gasteiger partial charge in [-0.25, -0.2) is 4.68 Å². The summed E-state index contributed by atoms with van der Waals surface area (Å²) < 4.78 is 6.75. The summed E-state index contributed by atoms with van der Waals surface area (Å²) in [6.07, 6.45) is 6.14. The Hall–Kier alpha value is -4.01. The Labute approximate surface area is 204 Å². The second-order valence-electron chi connectivity index (χ2n) is 8.48. The molecule has 0 saturated carbocycles. The molecule has 1 fully saturated rings. The van der Waals surface area contributed by atoms with Crippen LogP contribution in [0.2, 0.25) is 0 Å². The summed E-state index contributed by atoms with van der Waals surface area (Å²) in [5, 5.41) is 4.65. The number of pyridine rings is 1. The largest absolute Gasteiger partial charge is 0.466 e. The van der Waals surface area contributed by atoms with Gasteiger partial charge in [0.05, 0.1) is 30.3 Å². The van der Waals surface area contributed by atoms with Gasteiger partial charge in [0.1, 0.15) is 5.69 Å². The van der Waals surface area contributed by atoms with Gasteiger partial charge in [-0.05, 0) is 44.0 Å². The van der Waals surface area contributed by atoms with Gasteiger partial charge in [0, 0.05) is 44.3 Å². The fourth-order valence-corrected chi connectivity index (χ4v) is 4.16. The third-order valence-electron chi connectivity index (χ3n) is 6.09. The van der Waals surface area contributed by atoms with Crippen LogP contribution in [0.25, 0.3) is 16.9 Å². The molecule has 2 amide bonds. The fourth-order valence-electron chi connectivity index (χ4n) is 4.16. The van der Waals surface area contributed by atoms with Gasteiger partial charge in [0.2, 0.25) is 5.91 Å². The van der Waals surface area contributed by atoms with Crippen molar-refractivity contribution in [1.29, 1.82) is 0 Å². The molecule has 0 aliphatic carbocycles. The number of rotatable bonds is 7. The minimum atomic E-state index is -0.305. The zero-order chi connectivity index (χ0) is 24.8. The molecule has 4 rings (SSSR count). The Morgan fingerprint density at radius 2 is 1.83 bits per heavy atom. The molecule has 1 saturated heterocycles. The van der Waals surface area contributed by atoms with E-state index >= 15 is 0 Å². The molecule has 0 spiro atoms. The van der Waals surface area contributed by atoms with Crippen molar-refractivity contribution in [2.45, 2.75) is 19.8 Å². The van der Waals surface area contributed by atoms with Crippen LogP contribution in [0.15, 0.2) is 61.1 Å². The van der Waals surface area contributed by atoms with Crippen LogP contribution in [0.3, 0.4) is 0 Å². The zero-order valence-corrected chi connectivity index (χ0v) is 20.0. The van der Waals surface area contributed by atoms with Crippen molar-refractivity contribution in [3.8, 4) is 16.9 Å². The van der Waals surface area contributed by atoms with Crippen molar-refractivity contribution in [3.63, 3.8) is 0 Å². The minimum Gasteiger partial charge on any atom is -0.466 e. The number of aromatic nitrogens is 3. The van der Waals surface area contributed by atoms with E-state index in [2.05, 4.69) is 10.1 Å². The Kier molecular flexibility index (Phi) is 7.54. The Morgan fingerprint density at radius 3 is 2.49 bits per heavy atom. The van der Waals surface area contributed by atoms with Crippen molar-refractivity contribution in [2.75, 3.05) is 33.3 Å². The van der Waals surface area contributed by atoms with E-state index in [-0.39, 0.29) is 30.2 Å². The number of piperidine rings is 1. The lowest BCUT2D eigenvalue weighted by molar-refractivity contribution is -0.151. The molecule has 0 N–H and O–H groups in total. The SMILES string of the molecule is CCOC(=O)C1CCN(C(=O)CN(C)C(=O)c2cn(-c3ccccc3)nc2-c2cccnc2)CC1. The molecule has 9 heteroatoms. The molecule has 9 nitrogen and oxygen atoms in total. The second-order valence-corrected chi connectivity index (χ2v) is 8.48. The maximum absolute atomic E-state index is 13.4. The van der Waals surface area contributed by atoms with Crippen LogP contribution in [0, 0.1) is 5.92 Å². The van der Waals surface area contributed by atoms with E-state index in [1.54, 1.807) is 48.2 Å². The molecule has 182 valence electrons.